The third-order valence-electron chi connectivity index (χ3n) is 4.40. The molecule has 31 heavy (non-hydrogen) atoms. The maximum Gasteiger partial charge on any atom is 0.177 e. The van der Waals surface area contributed by atoms with Crippen LogP contribution in [0, 0.1) is 0 Å². The Morgan fingerprint density at radius 1 is 0.774 bits per heavy atom. The van der Waals surface area contributed by atoms with E-state index >= 15 is 0 Å². The van der Waals surface area contributed by atoms with Gasteiger partial charge in [-0.05, 0) is 41.5 Å². The normalized spacial score (nSPS) is 10.8. The average molecular weight is 492 g/mol. The van der Waals surface area contributed by atoms with Crippen molar-refractivity contribution in [3.05, 3.63) is 93.2 Å². The number of rotatable bonds is 6. The van der Waals surface area contributed by atoms with Crippen LogP contribution in [-0.4, -0.2) is 24.7 Å². The average Bonchev–Trinajstić information content (AvgIpc) is 3.35. The summed E-state index contributed by atoms with van der Waals surface area (Å²) in [5.74, 6) is 1.23. The van der Waals surface area contributed by atoms with Crippen LogP contribution in [0.15, 0.2) is 67.0 Å². The fourth-order valence-corrected chi connectivity index (χ4v) is 3.80. The number of benzene rings is 2. The van der Waals surface area contributed by atoms with Gasteiger partial charge in [0.25, 0.3) is 0 Å². The van der Waals surface area contributed by atoms with Gasteiger partial charge in [-0.1, -0.05) is 59.1 Å². The van der Waals surface area contributed by atoms with E-state index in [1.807, 2.05) is 54.9 Å². The fourth-order valence-electron chi connectivity index (χ4n) is 2.92. The van der Waals surface area contributed by atoms with Gasteiger partial charge in [0.15, 0.2) is 16.7 Å². The quantitative estimate of drug-likeness (QED) is 0.327. The summed E-state index contributed by atoms with van der Waals surface area (Å²) in [5, 5.41) is 17.3. The highest BCUT2D eigenvalue weighted by Crippen LogP contribution is 2.22. The molecule has 6 nitrogen and oxygen atoms in total. The van der Waals surface area contributed by atoms with Gasteiger partial charge in [0.1, 0.15) is 0 Å². The van der Waals surface area contributed by atoms with Gasteiger partial charge in [-0.2, -0.15) is 10.2 Å². The van der Waals surface area contributed by atoms with Gasteiger partial charge in [0, 0.05) is 39.6 Å². The summed E-state index contributed by atoms with van der Waals surface area (Å²) >= 11 is 23.8. The van der Waals surface area contributed by atoms with Gasteiger partial charge in [-0.25, -0.2) is 0 Å². The predicted molar refractivity (Wildman–Crippen MR) is 130 cm³/mol. The highest BCUT2D eigenvalue weighted by Gasteiger charge is 2.08. The van der Waals surface area contributed by atoms with E-state index in [1.54, 1.807) is 21.5 Å². The Balaban J connectivity index is 1.33. The lowest BCUT2D eigenvalue weighted by Crippen LogP contribution is -2.20. The van der Waals surface area contributed by atoms with E-state index in [2.05, 4.69) is 20.8 Å². The summed E-state index contributed by atoms with van der Waals surface area (Å²) in [6.45, 7) is 1.09. The first-order valence-corrected chi connectivity index (χ1v) is 10.8. The number of anilines is 2. The topological polar surface area (TPSA) is 59.7 Å². The first kappa shape index (κ1) is 21.6. The van der Waals surface area contributed by atoms with Gasteiger partial charge < -0.3 is 10.6 Å². The third kappa shape index (κ3) is 5.77. The maximum atomic E-state index is 6.23. The molecule has 0 radical (unpaired) electrons. The van der Waals surface area contributed by atoms with Gasteiger partial charge in [-0.15, -0.1) is 0 Å². The van der Waals surface area contributed by atoms with Crippen molar-refractivity contribution in [3.8, 4) is 0 Å². The van der Waals surface area contributed by atoms with Crippen molar-refractivity contribution < 1.29 is 0 Å². The number of halogens is 3. The van der Waals surface area contributed by atoms with E-state index in [1.165, 1.54) is 0 Å². The summed E-state index contributed by atoms with van der Waals surface area (Å²) < 4.78 is 3.55. The standard InChI is InChI=1S/C21H17Cl3N6S/c22-16-6-5-15(18(24)11-16)13-30-10-8-20(28-30)26-21(31)25-19-7-9-29(27-19)12-14-3-1-2-4-17(14)23/h1-11H,12-13H2,(H2,25,26,27,28,31). The van der Waals surface area contributed by atoms with E-state index < -0.39 is 0 Å². The van der Waals surface area contributed by atoms with E-state index in [0.717, 1.165) is 11.1 Å². The lowest BCUT2D eigenvalue weighted by atomic mass is 10.2. The molecule has 2 aromatic carbocycles. The number of hydrogen-bond donors (Lipinski definition) is 2. The van der Waals surface area contributed by atoms with Crippen molar-refractivity contribution in [2.24, 2.45) is 0 Å². The lowest BCUT2D eigenvalue weighted by molar-refractivity contribution is 0.689. The number of nitrogens with zero attached hydrogens (tertiary/aromatic N) is 4. The predicted octanol–water partition coefficient (Wildman–Crippen LogP) is 5.95. The van der Waals surface area contributed by atoms with Crippen molar-refractivity contribution in [2.45, 2.75) is 13.1 Å². The Bertz CT molecular complexity index is 1220. The molecule has 0 aliphatic heterocycles. The molecular formula is C21H17Cl3N6S. The zero-order valence-electron chi connectivity index (χ0n) is 16.1. The van der Waals surface area contributed by atoms with Crippen LogP contribution in [0.2, 0.25) is 15.1 Å². The van der Waals surface area contributed by atoms with E-state index in [4.69, 9.17) is 47.0 Å². The summed E-state index contributed by atoms with van der Waals surface area (Å²) in [6.07, 6.45) is 3.70. The first-order valence-electron chi connectivity index (χ1n) is 9.28. The van der Waals surface area contributed by atoms with Crippen LogP contribution >= 0.6 is 47.0 Å². The molecule has 2 N–H and O–H groups in total. The Morgan fingerprint density at radius 2 is 1.35 bits per heavy atom. The van der Waals surface area contributed by atoms with E-state index in [0.29, 0.717) is 44.9 Å². The SMILES string of the molecule is S=C(Nc1ccn(Cc2ccccc2Cl)n1)Nc1ccn(Cc2ccc(Cl)cc2Cl)n1. The second-order valence-corrected chi connectivity index (χ2v) is 8.36. The molecule has 0 unspecified atom stereocenters. The van der Waals surface area contributed by atoms with Gasteiger partial charge in [-0.3, -0.25) is 9.36 Å². The molecule has 0 aliphatic carbocycles. The summed E-state index contributed by atoms with van der Waals surface area (Å²) in [6, 6.07) is 16.7. The molecule has 158 valence electrons. The second-order valence-electron chi connectivity index (χ2n) is 6.70. The highest BCUT2D eigenvalue weighted by molar-refractivity contribution is 7.80. The molecular weight excluding hydrogens is 475 g/mol. The minimum Gasteiger partial charge on any atom is -0.316 e. The molecule has 0 spiro atoms. The second kappa shape index (κ2) is 9.70. The Hall–Kier alpha value is -2.58. The molecule has 0 atom stereocenters. The number of hydrogen-bond acceptors (Lipinski definition) is 3. The van der Waals surface area contributed by atoms with Crippen molar-refractivity contribution in [2.75, 3.05) is 10.6 Å². The van der Waals surface area contributed by atoms with Crippen molar-refractivity contribution >= 4 is 63.8 Å². The molecule has 0 saturated heterocycles. The largest absolute Gasteiger partial charge is 0.316 e. The number of aromatic nitrogens is 4. The molecule has 0 bridgehead atoms. The molecule has 4 aromatic rings. The zero-order valence-corrected chi connectivity index (χ0v) is 19.2. The zero-order chi connectivity index (χ0) is 21.8. The minimum atomic E-state index is 0.387. The van der Waals surface area contributed by atoms with Gasteiger partial charge in [0.2, 0.25) is 0 Å². The molecule has 10 heteroatoms. The number of thiocarbonyl (C=S) groups is 1. The van der Waals surface area contributed by atoms with Crippen molar-refractivity contribution in [3.63, 3.8) is 0 Å². The highest BCUT2D eigenvalue weighted by atomic mass is 35.5. The molecule has 0 saturated carbocycles. The van der Waals surface area contributed by atoms with E-state index in [-0.39, 0.29) is 0 Å². The summed E-state index contributed by atoms with van der Waals surface area (Å²) in [7, 11) is 0. The fraction of sp³-hybridized carbons (Fsp3) is 0.0952. The monoisotopic (exact) mass is 490 g/mol. The minimum absolute atomic E-state index is 0.387. The first-order chi connectivity index (χ1) is 15.0. The Labute approximate surface area is 199 Å². The third-order valence-corrected chi connectivity index (χ3v) is 5.56. The van der Waals surface area contributed by atoms with Gasteiger partial charge in [0.05, 0.1) is 13.1 Å². The van der Waals surface area contributed by atoms with Crippen LogP contribution in [0.1, 0.15) is 11.1 Å². The van der Waals surface area contributed by atoms with Crippen molar-refractivity contribution in [1.29, 1.82) is 0 Å². The molecule has 2 aromatic heterocycles. The Kier molecular flexibility index (Phi) is 6.77. The van der Waals surface area contributed by atoms with Crippen LogP contribution < -0.4 is 10.6 Å². The molecule has 0 amide bonds. The van der Waals surface area contributed by atoms with Gasteiger partial charge >= 0.3 is 0 Å². The Morgan fingerprint density at radius 3 is 1.94 bits per heavy atom. The molecule has 2 heterocycles. The molecule has 0 fully saturated rings. The maximum absolute atomic E-state index is 6.23. The molecule has 0 aliphatic rings. The van der Waals surface area contributed by atoms with Crippen LogP contribution in [0.5, 0.6) is 0 Å². The lowest BCUT2D eigenvalue weighted by Gasteiger charge is -2.07. The van der Waals surface area contributed by atoms with Crippen LogP contribution in [0.4, 0.5) is 11.6 Å². The summed E-state index contributed by atoms with van der Waals surface area (Å²) in [5.41, 5.74) is 1.91. The van der Waals surface area contributed by atoms with Crippen molar-refractivity contribution in [1.82, 2.24) is 19.6 Å². The summed E-state index contributed by atoms with van der Waals surface area (Å²) in [4.78, 5) is 0. The van der Waals surface area contributed by atoms with Crippen LogP contribution in [0.3, 0.4) is 0 Å². The smallest absolute Gasteiger partial charge is 0.177 e. The molecule has 4 rings (SSSR count). The van der Waals surface area contributed by atoms with Crippen LogP contribution in [0.25, 0.3) is 0 Å². The number of nitrogens with one attached hydrogen (secondary N) is 2. The van der Waals surface area contributed by atoms with Crippen LogP contribution in [-0.2, 0) is 13.1 Å². The van der Waals surface area contributed by atoms with E-state index in [9.17, 15) is 0 Å².